The van der Waals surface area contributed by atoms with Crippen molar-refractivity contribution in [3.05, 3.63) is 92.3 Å². The molecule has 0 atom stereocenters. The number of carbonyl (C=O) groups is 1. The summed E-state index contributed by atoms with van der Waals surface area (Å²) in [6.07, 6.45) is 8.10. The number of carbonyl (C=O) groups excluding carboxylic acids is 1. The fraction of sp³-hybridized carbons (Fsp3) is 0.281. The van der Waals surface area contributed by atoms with E-state index in [4.69, 9.17) is 4.74 Å². The zero-order chi connectivity index (χ0) is 25.3. The van der Waals surface area contributed by atoms with E-state index in [1.165, 1.54) is 75.3 Å². The van der Waals surface area contributed by atoms with Crippen LogP contribution in [0.2, 0.25) is 0 Å². The van der Waals surface area contributed by atoms with Crippen LogP contribution < -0.4 is 0 Å². The molecule has 4 rings (SSSR count). The van der Waals surface area contributed by atoms with Crippen molar-refractivity contribution >= 4 is 57.8 Å². The van der Waals surface area contributed by atoms with Gasteiger partial charge in [-0.3, -0.25) is 0 Å². The van der Waals surface area contributed by atoms with Gasteiger partial charge in [0.25, 0.3) is 0 Å². The van der Waals surface area contributed by atoms with Crippen molar-refractivity contribution in [3.8, 4) is 11.1 Å². The number of hydrogen-bond acceptors (Lipinski definition) is 2. The molecule has 4 aromatic carbocycles. The third-order valence-corrected chi connectivity index (χ3v) is 13.0. The number of hydrogen-bond donors (Lipinski definition) is 0. The average Bonchev–Trinajstić information content (AvgIpc) is 2.89. The predicted octanol–water partition coefficient (Wildman–Crippen LogP) is 10.8. The number of esters is 1. The third-order valence-electron chi connectivity index (χ3n) is 6.40. The van der Waals surface area contributed by atoms with Gasteiger partial charge in [-0.15, -0.1) is 0 Å². The van der Waals surface area contributed by atoms with Crippen molar-refractivity contribution in [2.24, 2.45) is 0 Å². The van der Waals surface area contributed by atoms with Gasteiger partial charge in [-0.2, -0.15) is 0 Å². The van der Waals surface area contributed by atoms with Crippen LogP contribution >= 0.6 is 30.3 Å². The molecule has 0 unspecified atom stereocenters. The van der Waals surface area contributed by atoms with E-state index in [0.29, 0.717) is 0 Å². The molecule has 0 saturated heterocycles. The molecule has 0 spiro atoms. The average molecular weight is 657 g/mol. The van der Waals surface area contributed by atoms with E-state index in [9.17, 15) is 4.79 Å². The van der Waals surface area contributed by atoms with Gasteiger partial charge in [0.05, 0.1) is 0 Å². The number of rotatable bonds is 11. The summed E-state index contributed by atoms with van der Waals surface area (Å²) in [6, 6.07) is 28.2. The molecule has 0 aromatic heterocycles. The Balaban J connectivity index is 1.73. The second-order valence-corrected chi connectivity index (χ2v) is 16.7. The summed E-state index contributed by atoms with van der Waals surface area (Å²) >= 11 is 2.12. The van der Waals surface area contributed by atoms with Crippen LogP contribution in [0.3, 0.4) is 0 Å². The van der Waals surface area contributed by atoms with Crippen molar-refractivity contribution in [1.29, 1.82) is 0 Å². The van der Waals surface area contributed by atoms with Crippen LogP contribution in [0.4, 0.5) is 0 Å². The van der Waals surface area contributed by atoms with E-state index in [1.54, 1.807) is 0 Å². The minimum atomic E-state index is -1.99. The number of benzene rings is 4. The Labute approximate surface area is 228 Å². The van der Waals surface area contributed by atoms with Crippen molar-refractivity contribution in [2.45, 2.75) is 58.8 Å². The van der Waals surface area contributed by atoms with Crippen LogP contribution in [0, 0.1) is 3.57 Å². The molecule has 0 radical (unpaired) electrons. The quantitative estimate of drug-likeness (QED) is 0.0695. The van der Waals surface area contributed by atoms with Gasteiger partial charge in [-0.25, -0.2) is 0 Å². The van der Waals surface area contributed by atoms with Crippen molar-refractivity contribution in [2.75, 3.05) is 0 Å². The van der Waals surface area contributed by atoms with Gasteiger partial charge >= 0.3 is 230 Å². The summed E-state index contributed by atoms with van der Waals surface area (Å²) in [5, 5.41) is 4.98. The maximum atomic E-state index is 11.9. The Morgan fingerprint density at radius 3 is 2.19 bits per heavy atom. The van der Waals surface area contributed by atoms with E-state index < -0.39 is 17.6 Å². The standard InChI is InChI=1S/C32H34BrIO2/c1-3-4-5-6-7-8-17-27(36-24(2)35)23-34(33)31-22-21-26-15-10-12-19-29(26)32(31)30-20-13-16-25-14-9-11-18-28(25)30/h9-16,18-23H,3-8,17H2,1-2H3/b27-23-. The van der Waals surface area contributed by atoms with Gasteiger partial charge in [-0.1, -0.05) is 0 Å². The van der Waals surface area contributed by atoms with Gasteiger partial charge in [0.15, 0.2) is 0 Å². The van der Waals surface area contributed by atoms with E-state index in [1.807, 2.05) is 0 Å². The predicted molar refractivity (Wildman–Crippen MR) is 166 cm³/mol. The molecule has 0 amide bonds. The van der Waals surface area contributed by atoms with E-state index in [0.717, 1.165) is 18.6 Å². The van der Waals surface area contributed by atoms with E-state index in [-0.39, 0.29) is 5.97 Å². The van der Waals surface area contributed by atoms with E-state index >= 15 is 0 Å². The van der Waals surface area contributed by atoms with Crippen LogP contribution in [0.25, 0.3) is 32.7 Å². The molecule has 4 heteroatoms. The van der Waals surface area contributed by atoms with Crippen LogP contribution in [-0.4, -0.2) is 5.97 Å². The molecule has 4 aromatic rings. The van der Waals surface area contributed by atoms with Gasteiger partial charge in [0.1, 0.15) is 0 Å². The fourth-order valence-electron chi connectivity index (χ4n) is 4.67. The third kappa shape index (κ3) is 6.77. The van der Waals surface area contributed by atoms with Crippen molar-refractivity contribution < 1.29 is 9.53 Å². The van der Waals surface area contributed by atoms with Gasteiger partial charge in [0, 0.05) is 0 Å². The number of allylic oxidation sites excluding steroid dienone is 1. The Morgan fingerprint density at radius 1 is 0.806 bits per heavy atom. The molecule has 0 heterocycles. The van der Waals surface area contributed by atoms with Gasteiger partial charge < -0.3 is 0 Å². The molecule has 0 N–H and O–H groups in total. The molecular formula is C32H34BrIO2. The zero-order valence-corrected chi connectivity index (χ0v) is 24.8. The molecule has 188 valence electrons. The maximum absolute atomic E-state index is 11.9. The van der Waals surface area contributed by atoms with Crippen LogP contribution in [0.1, 0.15) is 58.8 Å². The molecule has 0 saturated carbocycles. The Hall–Kier alpha value is -2.18. The van der Waals surface area contributed by atoms with Gasteiger partial charge in [-0.05, 0) is 0 Å². The Bertz CT molecular complexity index is 1360. The fourth-order valence-corrected chi connectivity index (χ4v) is 10.6. The zero-order valence-electron chi connectivity index (χ0n) is 21.1. The summed E-state index contributed by atoms with van der Waals surface area (Å²) in [5.41, 5.74) is 2.53. The van der Waals surface area contributed by atoms with Crippen LogP contribution in [-0.2, 0) is 9.53 Å². The number of fused-ring (bicyclic) bond motifs is 2. The molecule has 0 aliphatic heterocycles. The van der Waals surface area contributed by atoms with Crippen molar-refractivity contribution in [3.63, 3.8) is 0 Å². The molecule has 0 aliphatic carbocycles. The topological polar surface area (TPSA) is 26.3 Å². The molecular weight excluding hydrogens is 623 g/mol. The molecule has 0 fully saturated rings. The molecule has 36 heavy (non-hydrogen) atoms. The number of halogens is 2. The number of unbranched alkanes of at least 4 members (excludes halogenated alkanes) is 5. The molecule has 0 aliphatic rings. The summed E-state index contributed by atoms with van der Waals surface area (Å²) in [6.45, 7) is 3.74. The normalized spacial score (nSPS) is 12.2. The SMILES string of the molecule is CCCCCCCC/C(=C/I(Br)c1ccc2ccccc2c1-c1cccc2ccccc12)OC(C)=O. The monoisotopic (exact) mass is 656 g/mol. The Kier molecular flexibility index (Phi) is 9.99. The summed E-state index contributed by atoms with van der Waals surface area (Å²) < 4.78 is 9.26. The first-order valence-corrected chi connectivity index (χ1v) is 20.0. The first kappa shape index (κ1) is 26.9. The molecule has 0 bridgehead atoms. The first-order chi connectivity index (χ1) is 17.6. The van der Waals surface area contributed by atoms with Gasteiger partial charge in [0.2, 0.25) is 0 Å². The second-order valence-electron chi connectivity index (χ2n) is 9.12. The van der Waals surface area contributed by atoms with E-state index in [2.05, 4.69) is 103 Å². The summed E-state index contributed by atoms with van der Waals surface area (Å²) in [5.74, 6) is 0.578. The van der Waals surface area contributed by atoms with Crippen LogP contribution in [0.5, 0.6) is 0 Å². The van der Waals surface area contributed by atoms with Crippen molar-refractivity contribution in [1.82, 2.24) is 0 Å². The molecule has 2 nitrogen and oxygen atoms in total. The Morgan fingerprint density at radius 2 is 1.44 bits per heavy atom. The minimum absolute atomic E-state index is 0.239. The summed E-state index contributed by atoms with van der Waals surface area (Å²) in [7, 11) is 0. The number of ether oxygens (including phenoxy) is 1. The second kappa shape index (κ2) is 13.4. The first-order valence-electron chi connectivity index (χ1n) is 12.8. The summed E-state index contributed by atoms with van der Waals surface area (Å²) in [4.78, 5) is 11.9. The van der Waals surface area contributed by atoms with Crippen LogP contribution in [0.15, 0.2) is 88.7 Å².